The van der Waals surface area contributed by atoms with Crippen molar-refractivity contribution in [1.29, 1.82) is 0 Å². The summed E-state index contributed by atoms with van der Waals surface area (Å²) in [5, 5.41) is 4.15. The second-order valence-electron chi connectivity index (χ2n) is 4.95. The molecule has 0 aliphatic rings. The van der Waals surface area contributed by atoms with Crippen LogP contribution in [0.15, 0.2) is 40.9 Å². The average Bonchev–Trinajstić information content (AvgIpc) is 2.44. The van der Waals surface area contributed by atoms with Crippen LogP contribution in [0.1, 0.15) is 29.7 Å². The molecule has 0 bridgehead atoms. The molecule has 2 aromatic carbocycles. The Labute approximate surface area is 139 Å². The van der Waals surface area contributed by atoms with Gasteiger partial charge in [-0.25, -0.2) is 0 Å². The third-order valence-corrected chi connectivity index (χ3v) is 4.08. The number of methoxy groups -OCH3 is 1. The highest BCUT2D eigenvalue weighted by molar-refractivity contribution is 9.10. The predicted molar refractivity (Wildman–Crippen MR) is 92.4 cm³/mol. The van der Waals surface area contributed by atoms with E-state index in [4.69, 9.17) is 16.3 Å². The molecule has 0 saturated carbocycles. The summed E-state index contributed by atoms with van der Waals surface area (Å²) < 4.78 is 6.41. The Hall–Kier alpha value is -1.03. The van der Waals surface area contributed by atoms with E-state index in [0.717, 1.165) is 16.6 Å². The van der Waals surface area contributed by atoms with Gasteiger partial charge in [0, 0.05) is 4.47 Å². The number of halogens is 2. The van der Waals surface area contributed by atoms with E-state index >= 15 is 0 Å². The summed E-state index contributed by atoms with van der Waals surface area (Å²) >= 11 is 9.69. The number of hydrogen-bond acceptors (Lipinski definition) is 2. The van der Waals surface area contributed by atoms with Crippen molar-refractivity contribution in [2.45, 2.75) is 19.9 Å². The molecule has 2 aromatic rings. The Balaban J connectivity index is 2.47. The average molecular weight is 369 g/mol. The molecule has 0 heterocycles. The van der Waals surface area contributed by atoms with Crippen molar-refractivity contribution in [3.05, 3.63) is 62.6 Å². The lowest BCUT2D eigenvalue weighted by atomic mass is 9.97. The maximum atomic E-state index is 6.12. The van der Waals surface area contributed by atoms with Crippen molar-refractivity contribution in [2.24, 2.45) is 0 Å². The van der Waals surface area contributed by atoms with Crippen LogP contribution in [0.2, 0.25) is 5.02 Å². The Bertz CT molecular complexity index is 610. The van der Waals surface area contributed by atoms with Crippen LogP contribution in [0.25, 0.3) is 0 Å². The van der Waals surface area contributed by atoms with Gasteiger partial charge in [-0.2, -0.15) is 0 Å². The number of aryl methyl sites for hydroxylation is 1. The molecule has 0 radical (unpaired) electrons. The molecule has 1 unspecified atom stereocenters. The van der Waals surface area contributed by atoms with Crippen LogP contribution in [-0.2, 0) is 0 Å². The molecule has 2 rings (SSSR count). The summed E-state index contributed by atoms with van der Waals surface area (Å²) in [7, 11) is 1.64. The second kappa shape index (κ2) is 7.30. The standard InChI is InChI=1S/C17H19BrClNO/c1-4-20-17(13-7-11(2)8-14(18)9-13)12-5-6-15(19)16(10-12)21-3/h5-10,17,20H,4H2,1-3H3. The van der Waals surface area contributed by atoms with Gasteiger partial charge in [0.15, 0.2) is 0 Å². The highest BCUT2D eigenvalue weighted by Crippen LogP contribution is 2.31. The third-order valence-electron chi connectivity index (χ3n) is 3.31. The third kappa shape index (κ3) is 4.00. The van der Waals surface area contributed by atoms with Crippen molar-refractivity contribution in [3.8, 4) is 5.75 Å². The summed E-state index contributed by atoms with van der Waals surface area (Å²) in [6.07, 6.45) is 0. The molecule has 4 heteroatoms. The van der Waals surface area contributed by atoms with Gasteiger partial charge < -0.3 is 10.1 Å². The maximum Gasteiger partial charge on any atom is 0.137 e. The Morgan fingerprint density at radius 1 is 1.19 bits per heavy atom. The molecule has 1 atom stereocenters. The smallest absolute Gasteiger partial charge is 0.137 e. The zero-order valence-electron chi connectivity index (χ0n) is 12.4. The lowest BCUT2D eigenvalue weighted by molar-refractivity contribution is 0.414. The van der Waals surface area contributed by atoms with Crippen LogP contribution in [0.3, 0.4) is 0 Å². The topological polar surface area (TPSA) is 21.3 Å². The van der Waals surface area contributed by atoms with Gasteiger partial charge in [0.25, 0.3) is 0 Å². The molecule has 0 aliphatic heterocycles. The van der Waals surface area contributed by atoms with Crippen molar-refractivity contribution < 1.29 is 4.74 Å². The first-order valence-electron chi connectivity index (χ1n) is 6.89. The summed E-state index contributed by atoms with van der Waals surface area (Å²) in [6, 6.07) is 12.5. The number of nitrogens with one attached hydrogen (secondary N) is 1. The molecule has 0 aliphatic carbocycles. The fourth-order valence-electron chi connectivity index (χ4n) is 2.42. The van der Waals surface area contributed by atoms with E-state index in [9.17, 15) is 0 Å². The quantitative estimate of drug-likeness (QED) is 0.791. The molecule has 0 saturated heterocycles. The summed E-state index contributed by atoms with van der Waals surface area (Å²) in [4.78, 5) is 0. The first kappa shape index (κ1) is 16.3. The van der Waals surface area contributed by atoms with Gasteiger partial charge in [0.2, 0.25) is 0 Å². The molecule has 0 spiro atoms. The van der Waals surface area contributed by atoms with E-state index in [0.29, 0.717) is 10.8 Å². The first-order valence-corrected chi connectivity index (χ1v) is 8.06. The first-order chi connectivity index (χ1) is 10.0. The summed E-state index contributed by atoms with van der Waals surface area (Å²) in [5.74, 6) is 0.698. The largest absolute Gasteiger partial charge is 0.495 e. The molecule has 0 aromatic heterocycles. The number of rotatable bonds is 5. The summed E-state index contributed by atoms with van der Waals surface area (Å²) in [5.41, 5.74) is 3.58. The number of benzene rings is 2. The fraction of sp³-hybridized carbons (Fsp3) is 0.294. The fourth-order valence-corrected chi connectivity index (χ4v) is 3.24. The molecule has 1 N–H and O–H groups in total. The van der Waals surface area contributed by atoms with Crippen molar-refractivity contribution >= 4 is 27.5 Å². The van der Waals surface area contributed by atoms with Crippen molar-refractivity contribution in [2.75, 3.05) is 13.7 Å². The van der Waals surface area contributed by atoms with Gasteiger partial charge in [-0.1, -0.05) is 46.6 Å². The van der Waals surface area contributed by atoms with Crippen LogP contribution in [0, 0.1) is 6.92 Å². The molecule has 21 heavy (non-hydrogen) atoms. The predicted octanol–water partition coefficient (Wildman–Crippen LogP) is 5.12. The molecule has 0 amide bonds. The molecule has 112 valence electrons. The minimum Gasteiger partial charge on any atom is -0.495 e. The monoisotopic (exact) mass is 367 g/mol. The molecule has 0 fully saturated rings. The van der Waals surface area contributed by atoms with E-state index in [1.54, 1.807) is 7.11 Å². The summed E-state index contributed by atoms with van der Waals surface area (Å²) in [6.45, 7) is 5.08. The van der Waals surface area contributed by atoms with Crippen LogP contribution in [0.4, 0.5) is 0 Å². The molecule has 2 nitrogen and oxygen atoms in total. The second-order valence-corrected chi connectivity index (χ2v) is 6.27. The SMILES string of the molecule is CCNC(c1cc(C)cc(Br)c1)c1ccc(Cl)c(OC)c1. The van der Waals surface area contributed by atoms with Gasteiger partial charge in [-0.05, 0) is 54.4 Å². The zero-order chi connectivity index (χ0) is 15.4. The lowest BCUT2D eigenvalue weighted by Gasteiger charge is -2.21. The number of ether oxygens (including phenoxy) is 1. The van der Waals surface area contributed by atoms with E-state index < -0.39 is 0 Å². The molecular formula is C17H19BrClNO. The minimum absolute atomic E-state index is 0.109. The normalized spacial score (nSPS) is 12.2. The van der Waals surface area contributed by atoms with Crippen LogP contribution < -0.4 is 10.1 Å². The number of hydrogen-bond donors (Lipinski definition) is 1. The Morgan fingerprint density at radius 2 is 1.95 bits per heavy atom. The lowest BCUT2D eigenvalue weighted by Crippen LogP contribution is -2.22. The van der Waals surface area contributed by atoms with Gasteiger partial charge >= 0.3 is 0 Å². The Morgan fingerprint density at radius 3 is 2.57 bits per heavy atom. The van der Waals surface area contributed by atoms with E-state index in [1.807, 2.05) is 18.2 Å². The molecular weight excluding hydrogens is 350 g/mol. The van der Waals surface area contributed by atoms with E-state index in [2.05, 4.69) is 53.3 Å². The van der Waals surface area contributed by atoms with Crippen LogP contribution >= 0.6 is 27.5 Å². The Kier molecular flexibility index (Phi) is 5.68. The van der Waals surface area contributed by atoms with Gasteiger partial charge in [0.1, 0.15) is 5.75 Å². The van der Waals surface area contributed by atoms with Crippen LogP contribution in [-0.4, -0.2) is 13.7 Å². The highest BCUT2D eigenvalue weighted by Gasteiger charge is 2.15. The van der Waals surface area contributed by atoms with Gasteiger partial charge in [-0.15, -0.1) is 0 Å². The van der Waals surface area contributed by atoms with Gasteiger partial charge in [0.05, 0.1) is 18.2 Å². The highest BCUT2D eigenvalue weighted by atomic mass is 79.9. The van der Waals surface area contributed by atoms with E-state index in [1.165, 1.54) is 11.1 Å². The van der Waals surface area contributed by atoms with Crippen LogP contribution in [0.5, 0.6) is 5.75 Å². The zero-order valence-corrected chi connectivity index (χ0v) is 14.8. The van der Waals surface area contributed by atoms with Gasteiger partial charge in [-0.3, -0.25) is 0 Å². The van der Waals surface area contributed by atoms with Crippen molar-refractivity contribution in [3.63, 3.8) is 0 Å². The van der Waals surface area contributed by atoms with Crippen molar-refractivity contribution in [1.82, 2.24) is 5.32 Å². The minimum atomic E-state index is 0.109. The maximum absolute atomic E-state index is 6.12. The van der Waals surface area contributed by atoms with E-state index in [-0.39, 0.29) is 6.04 Å².